The van der Waals surface area contributed by atoms with Gasteiger partial charge < -0.3 is 4.42 Å². The molecule has 0 N–H and O–H groups in total. The Balaban J connectivity index is 2.48. The summed E-state index contributed by atoms with van der Waals surface area (Å²) in [6.07, 6.45) is 2.80. The van der Waals surface area contributed by atoms with Gasteiger partial charge in [0.15, 0.2) is 6.39 Å². The summed E-state index contributed by atoms with van der Waals surface area (Å²) in [5.74, 6) is -0.268. The highest BCUT2D eigenvalue weighted by Gasteiger charge is 2.00. The molecule has 3 heteroatoms. The highest BCUT2D eigenvalue weighted by molar-refractivity contribution is 5.57. The monoisotopic (exact) mass is 163 g/mol. The fourth-order valence-corrected chi connectivity index (χ4v) is 1.00. The number of halogens is 1. The van der Waals surface area contributed by atoms with E-state index in [4.69, 9.17) is 4.42 Å². The van der Waals surface area contributed by atoms with Gasteiger partial charge in [-0.1, -0.05) is 12.1 Å². The van der Waals surface area contributed by atoms with Crippen LogP contribution in [0, 0.1) is 5.82 Å². The predicted octanol–water partition coefficient (Wildman–Crippen LogP) is 2.48. The highest BCUT2D eigenvalue weighted by atomic mass is 19.1. The van der Waals surface area contributed by atoms with Gasteiger partial charge in [-0.3, -0.25) is 0 Å². The molecule has 2 nitrogen and oxygen atoms in total. The summed E-state index contributed by atoms with van der Waals surface area (Å²) in [6.45, 7) is 0. The normalized spacial score (nSPS) is 10.1. The van der Waals surface area contributed by atoms with Crippen LogP contribution in [0.2, 0.25) is 0 Å². The molecule has 12 heavy (non-hydrogen) atoms. The molecule has 0 atom stereocenters. The molecule has 0 fully saturated rings. The van der Waals surface area contributed by atoms with Crippen LogP contribution in [0.4, 0.5) is 4.39 Å². The average molecular weight is 163 g/mol. The van der Waals surface area contributed by atoms with Gasteiger partial charge in [0, 0.05) is 5.56 Å². The van der Waals surface area contributed by atoms with Crippen molar-refractivity contribution in [2.45, 2.75) is 0 Å². The van der Waals surface area contributed by atoms with E-state index in [9.17, 15) is 4.39 Å². The highest BCUT2D eigenvalue weighted by Crippen LogP contribution is 2.16. The fourth-order valence-electron chi connectivity index (χ4n) is 1.00. The van der Waals surface area contributed by atoms with Gasteiger partial charge in [0.05, 0.1) is 0 Å². The lowest BCUT2D eigenvalue weighted by atomic mass is 10.2. The quantitative estimate of drug-likeness (QED) is 0.645. The summed E-state index contributed by atoms with van der Waals surface area (Å²) in [4.78, 5) is 3.89. The molecule has 1 heterocycles. The van der Waals surface area contributed by atoms with Crippen molar-refractivity contribution in [3.8, 4) is 11.3 Å². The molecule has 0 radical (unpaired) electrons. The van der Waals surface area contributed by atoms with E-state index >= 15 is 0 Å². The first-order valence-electron chi connectivity index (χ1n) is 3.50. The fraction of sp³-hybridized carbons (Fsp3) is 0. The van der Waals surface area contributed by atoms with Crippen molar-refractivity contribution >= 4 is 0 Å². The van der Waals surface area contributed by atoms with E-state index in [1.165, 1.54) is 24.8 Å². The van der Waals surface area contributed by atoms with Crippen LogP contribution in [0.5, 0.6) is 0 Å². The van der Waals surface area contributed by atoms with E-state index in [1.807, 2.05) is 0 Å². The number of benzene rings is 1. The first-order chi connectivity index (χ1) is 5.86. The molecule has 0 bridgehead atoms. The molecule has 0 amide bonds. The Morgan fingerprint density at radius 1 is 1.33 bits per heavy atom. The lowest BCUT2D eigenvalue weighted by Gasteiger charge is -1.93. The molecule has 0 aliphatic carbocycles. The Morgan fingerprint density at radius 3 is 2.92 bits per heavy atom. The van der Waals surface area contributed by atoms with Crippen LogP contribution in [-0.2, 0) is 0 Å². The second-order valence-electron chi connectivity index (χ2n) is 2.38. The van der Waals surface area contributed by atoms with Gasteiger partial charge in [0.1, 0.15) is 17.8 Å². The zero-order valence-corrected chi connectivity index (χ0v) is 6.20. The third kappa shape index (κ3) is 1.21. The van der Waals surface area contributed by atoms with Crippen LogP contribution in [-0.4, -0.2) is 4.98 Å². The second-order valence-corrected chi connectivity index (χ2v) is 2.38. The summed E-state index contributed by atoms with van der Waals surface area (Å²) in [5.41, 5.74) is 1.37. The number of oxazole rings is 1. The number of nitrogens with zero attached hydrogens (tertiary/aromatic N) is 1. The Kier molecular flexibility index (Phi) is 1.63. The zero-order valence-electron chi connectivity index (χ0n) is 6.20. The van der Waals surface area contributed by atoms with Crippen LogP contribution in [0.15, 0.2) is 41.3 Å². The summed E-state index contributed by atoms with van der Waals surface area (Å²) in [6, 6.07) is 6.22. The molecule has 0 saturated heterocycles. The largest absolute Gasteiger partial charge is 0.451 e. The minimum atomic E-state index is -0.268. The zero-order chi connectivity index (χ0) is 8.39. The SMILES string of the molecule is Fc1cccc(-c2cocn2)c1. The minimum Gasteiger partial charge on any atom is -0.451 e. The van der Waals surface area contributed by atoms with Crippen LogP contribution < -0.4 is 0 Å². The number of hydrogen-bond donors (Lipinski definition) is 0. The second kappa shape index (κ2) is 2.77. The van der Waals surface area contributed by atoms with E-state index < -0.39 is 0 Å². The molecule has 2 aromatic rings. The molecule has 0 aliphatic heterocycles. The van der Waals surface area contributed by atoms with Crippen molar-refractivity contribution in [3.63, 3.8) is 0 Å². The Bertz CT molecular complexity index is 370. The van der Waals surface area contributed by atoms with Crippen molar-refractivity contribution in [2.24, 2.45) is 0 Å². The summed E-state index contributed by atoms with van der Waals surface area (Å²) < 4.78 is 17.5. The topological polar surface area (TPSA) is 26.0 Å². The smallest absolute Gasteiger partial charge is 0.181 e. The first-order valence-corrected chi connectivity index (χ1v) is 3.50. The third-order valence-electron chi connectivity index (χ3n) is 1.55. The summed E-state index contributed by atoms with van der Waals surface area (Å²) in [5, 5.41) is 0. The Morgan fingerprint density at radius 2 is 2.25 bits per heavy atom. The van der Waals surface area contributed by atoms with E-state index in [-0.39, 0.29) is 5.82 Å². The van der Waals surface area contributed by atoms with Crippen LogP contribution in [0.25, 0.3) is 11.3 Å². The van der Waals surface area contributed by atoms with Crippen LogP contribution >= 0.6 is 0 Å². The van der Waals surface area contributed by atoms with E-state index in [1.54, 1.807) is 12.1 Å². The number of hydrogen-bond acceptors (Lipinski definition) is 2. The van der Waals surface area contributed by atoms with Crippen LogP contribution in [0.3, 0.4) is 0 Å². The molecule has 1 aromatic carbocycles. The maximum atomic E-state index is 12.7. The molecular weight excluding hydrogens is 157 g/mol. The van der Waals surface area contributed by atoms with E-state index in [2.05, 4.69) is 4.98 Å². The summed E-state index contributed by atoms with van der Waals surface area (Å²) >= 11 is 0. The maximum absolute atomic E-state index is 12.7. The van der Waals surface area contributed by atoms with Gasteiger partial charge in [0.2, 0.25) is 0 Å². The van der Waals surface area contributed by atoms with Gasteiger partial charge in [-0.2, -0.15) is 0 Å². The minimum absolute atomic E-state index is 0.268. The standard InChI is InChI=1S/C9H6FNO/c10-8-3-1-2-7(4-8)9-5-12-6-11-9/h1-6H. The van der Waals surface area contributed by atoms with Crippen molar-refractivity contribution < 1.29 is 8.81 Å². The van der Waals surface area contributed by atoms with Gasteiger partial charge in [-0.15, -0.1) is 0 Å². The molecule has 0 spiro atoms. The Hall–Kier alpha value is -1.64. The maximum Gasteiger partial charge on any atom is 0.181 e. The average Bonchev–Trinajstić information content (AvgIpc) is 2.56. The molecule has 0 saturated carbocycles. The molecule has 0 aliphatic rings. The van der Waals surface area contributed by atoms with Crippen LogP contribution in [0.1, 0.15) is 0 Å². The van der Waals surface area contributed by atoms with Gasteiger partial charge >= 0.3 is 0 Å². The molecule has 1 aromatic heterocycles. The summed E-state index contributed by atoms with van der Waals surface area (Å²) in [7, 11) is 0. The van der Waals surface area contributed by atoms with E-state index in [0.717, 1.165) is 5.56 Å². The molecule has 2 rings (SSSR count). The predicted molar refractivity (Wildman–Crippen MR) is 41.9 cm³/mol. The van der Waals surface area contributed by atoms with Crippen molar-refractivity contribution in [2.75, 3.05) is 0 Å². The number of rotatable bonds is 1. The molecule has 0 unspecified atom stereocenters. The third-order valence-corrected chi connectivity index (χ3v) is 1.55. The van der Waals surface area contributed by atoms with Gasteiger partial charge in [-0.25, -0.2) is 9.37 Å². The van der Waals surface area contributed by atoms with Crippen molar-refractivity contribution in [1.82, 2.24) is 4.98 Å². The first kappa shape index (κ1) is 7.03. The lowest BCUT2D eigenvalue weighted by Crippen LogP contribution is -1.78. The van der Waals surface area contributed by atoms with Crippen molar-refractivity contribution in [3.05, 3.63) is 42.7 Å². The van der Waals surface area contributed by atoms with Gasteiger partial charge in [-0.05, 0) is 12.1 Å². The Labute approximate surface area is 68.7 Å². The van der Waals surface area contributed by atoms with Crippen molar-refractivity contribution in [1.29, 1.82) is 0 Å². The lowest BCUT2D eigenvalue weighted by molar-refractivity contribution is 0.558. The molecule has 60 valence electrons. The van der Waals surface area contributed by atoms with E-state index in [0.29, 0.717) is 5.69 Å². The number of aromatic nitrogens is 1. The molecular formula is C9H6FNO. The van der Waals surface area contributed by atoms with Gasteiger partial charge in [0.25, 0.3) is 0 Å².